The molecule has 0 aromatic heterocycles. The molecule has 0 aromatic rings. The third kappa shape index (κ3) is 1.89. The minimum atomic E-state index is -0.663. The lowest BCUT2D eigenvalue weighted by atomic mass is 9.96. The number of morpholine rings is 1. The van der Waals surface area contributed by atoms with E-state index in [0.29, 0.717) is 25.8 Å². The van der Waals surface area contributed by atoms with Crippen LogP contribution in [0.25, 0.3) is 0 Å². The Labute approximate surface area is 106 Å². The van der Waals surface area contributed by atoms with Crippen LogP contribution in [0.3, 0.4) is 0 Å². The molecule has 2 saturated heterocycles. The van der Waals surface area contributed by atoms with Crippen LogP contribution < -0.4 is 5.32 Å². The zero-order chi connectivity index (χ0) is 12.8. The Kier molecular flexibility index (Phi) is 2.79. The monoisotopic (exact) mass is 253 g/mol. The highest BCUT2D eigenvalue weighted by Gasteiger charge is 2.56. The molecule has 0 spiro atoms. The van der Waals surface area contributed by atoms with Gasteiger partial charge in [-0.2, -0.15) is 0 Å². The number of rotatable bonds is 3. The van der Waals surface area contributed by atoms with E-state index in [9.17, 15) is 9.59 Å². The van der Waals surface area contributed by atoms with Crippen LogP contribution >= 0.6 is 0 Å². The lowest BCUT2D eigenvalue weighted by molar-refractivity contribution is -0.133. The van der Waals surface area contributed by atoms with Crippen LogP contribution in [0.15, 0.2) is 0 Å². The first-order valence-corrected chi connectivity index (χ1v) is 6.55. The zero-order valence-electron chi connectivity index (χ0n) is 10.6. The molecular formula is C12H19N3O3. The molecule has 0 bridgehead atoms. The second kappa shape index (κ2) is 4.20. The van der Waals surface area contributed by atoms with E-state index < -0.39 is 5.54 Å². The first-order chi connectivity index (χ1) is 8.61. The van der Waals surface area contributed by atoms with Crippen molar-refractivity contribution in [1.82, 2.24) is 15.1 Å². The maximum absolute atomic E-state index is 12.4. The van der Waals surface area contributed by atoms with Crippen molar-refractivity contribution >= 4 is 11.9 Å². The van der Waals surface area contributed by atoms with Crippen LogP contribution in [0.2, 0.25) is 0 Å². The fourth-order valence-electron chi connectivity index (χ4n) is 2.72. The van der Waals surface area contributed by atoms with E-state index >= 15 is 0 Å². The van der Waals surface area contributed by atoms with E-state index in [4.69, 9.17) is 4.74 Å². The number of hydrogen-bond donors (Lipinski definition) is 1. The van der Waals surface area contributed by atoms with Gasteiger partial charge in [0.2, 0.25) is 0 Å². The Morgan fingerprint density at radius 1 is 1.33 bits per heavy atom. The van der Waals surface area contributed by atoms with Gasteiger partial charge >= 0.3 is 6.03 Å². The molecule has 3 fully saturated rings. The molecule has 0 aromatic carbocycles. The minimum Gasteiger partial charge on any atom is -0.379 e. The normalized spacial score (nSPS) is 33.9. The molecule has 1 saturated carbocycles. The topological polar surface area (TPSA) is 61.9 Å². The number of imide groups is 1. The number of hydrogen-bond acceptors (Lipinski definition) is 4. The van der Waals surface area contributed by atoms with Gasteiger partial charge in [0.25, 0.3) is 5.91 Å². The molecule has 6 heteroatoms. The Bertz CT molecular complexity index is 377. The average molecular weight is 253 g/mol. The maximum Gasteiger partial charge on any atom is 0.326 e. The first kappa shape index (κ1) is 11.9. The quantitative estimate of drug-likeness (QED) is 0.719. The van der Waals surface area contributed by atoms with E-state index in [0.717, 1.165) is 25.9 Å². The highest BCUT2D eigenvalue weighted by molar-refractivity contribution is 6.07. The second-order valence-corrected chi connectivity index (χ2v) is 5.51. The second-order valence-electron chi connectivity index (χ2n) is 5.51. The van der Waals surface area contributed by atoms with Crippen molar-refractivity contribution in [2.45, 2.75) is 25.3 Å². The molecule has 2 aliphatic heterocycles. The summed E-state index contributed by atoms with van der Waals surface area (Å²) in [5, 5.41) is 2.86. The molecule has 6 nitrogen and oxygen atoms in total. The van der Waals surface area contributed by atoms with Crippen molar-refractivity contribution in [3.8, 4) is 0 Å². The van der Waals surface area contributed by atoms with Gasteiger partial charge < -0.3 is 10.1 Å². The molecule has 2 heterocycles. The van der Waals surface area contributed by atoms with Crippen LogP contribution in [0.5, 0.6) is 0 Å². The maximum atomic E-state index is 12.4. The minimum absolute atomic E-state index is 0.0681. The molecule has 18 heavy (non-hydrogen) atoms. The number of amides is 3. The highest BCUT2D eigenvalue weighted by Crippen LogP contribution is 2.42. The van der Waals surface area contributed by atoms with E-state index in [2.05, 4.69) is 10.2 Å². The van der Waals surface area contributed by atoms with E-state index in [1.165, 1.54) is 4.90 Å². The summed E-state index contributed by atoms with van der Waals surface area (Å²) in [6.45, 7) is 5.13. The third-order valence-electron chi connectivity index (χ3n) is 4.14. The van der Waals surface area contributed by atoms with Gasteiger partial charge in [0.05, 0.1) is 19.9 Å². The summed E-state index contributed by atoms with van der Waals surface area (Å²) in [5.74, 6) is 0.255. The van der Waals surface area contributed by atoms with Crippen molar-refractivity contribution in [3.63, 3.8) is 0 Å². The van der Waals surface area contributed by atoms with Crippen LogP contribution in [-0.4, -0.2) is 60.2 Å². The summed E-state index contributed by atoms with van der Waals surface area (Å²) in [5.41, 5.74) is -0.663. The number of ether oxygens (including phenoxy) is 1. The molecular weight excluding hydrogens is 234 g/mol. The number of nitrogens with one attached hydrogen (secondary N) is 1. The summed E-state index contributed by atoms with van der Waals surface area (Å²) in [4.78, 5) is 27.8. The largest absolute Gasteiger partial charge is 0.379 e. The summed E-state index contributed by atoms with van der Waals surface area (Å²) in [6.07, 6.45) is 2.07. The van der Waals surface area contributed by atoms with Gasteiger partial charge in [-0.25, -0.2) is 9.69 Å². The fraction of sp³-hybridized carbons (Fsp3) is 0.833. The van der Waals surface area contributed by atoms with Crippen molar-refractivity contribution in [2.75, 3.05) is 33.0 Å². The summed E-state index contributed by atoms with van der Waals surface area (Å²) in [7, 11) is 0. The number of carbonyl (C=O) groups is 2. The van der Waals surface area contributed by atoms with E-state index in [1.807, 2.05) is 6.92 Å². The first-order valence-electron chi connectivity index (χ1n) is 6.55. The summed E-state index contributed by atoms with van der Waals surface area (Å²) >= 11 is 0. The van der Waals surface area contributed by atoms with E-state index in [1.54, 1.807) is 0 Å². The van der Waals surface area contributed by atoms with Crippen LogP contribution in [0.4, 0.5) is 4.79 Å². The third-order valence-corrected chi connectivity index (χ3v) is 4.14. The van der Waals surface area contributed by atoms with Crippen LogP contribution in [-0.2, 0) is 9.53 Å². The molecule has 0 unspecified atom stereocenters. The fourth-order valence-corrected chi connectivity index (χ4v) is 2.72. The van der Waals surface area contributed by atoms with Gasteiger partial charge in [-0.15, -0.1) is 0 Å². The summed E-state index contributed by atoms with van der Waals surface area (Å²) < 4.78 is 5.26. The van der Waals surface area contributed by atoms with Crippen molar-refractivity contribution in [3.05, 3.63) is 0 Å². The SMILES string of the molecule is C[C@@]1(C2CC2)NC(=O)N(CN2CCOCC2)C1=O. The van der Waals surface area contributed by atoms with Gasteiger partial charge in [-0.05, 0) is 25.7 Å². The average Bonchev–Trinajstić information content (AvgIpc) is 3.17. The Morgan fingerprint density at radius 3 is 2.61 bits per heavy atom. The molecule has 3 aliphatic rings. The molecule has 3 amide bonds. The molecule has 1 aliphatic carbocycles. The van der Waals surface area contributed by atoms with Crippen LogP contribution in [0.1, 0.15) is 19.8 Å². The van der Waals surface area contributed by atoms with Gasteiger partial charge in [0, 0.05) is 13.1 Å². The van der Waals surface area contributed by atoms with Crippen molar-refractivity contribution in [2.24, 2.45) is 5.92 Å². The van der Waals surface area contributed by atoms with Crippen molar-refractivity contribution < 1.29 is 14.3 Å². The smallest absolute Gasteiger partial charge is 0.326 e. The van der Waals surface area contributed by atoms with Gasteiger partial charge in [0.15, 0.2) is 0 Å². The predicted molar refractivity (Wildman–Crippen MR) is 63.8 cm³/mol. The lowest BCUT2D eigenvalue weighted by Crippen LogP contribution is -2.48. The van der Waals surface area contributed by atoms with Crippen molar-refractivity contribution in [1.29, 1.82) is 0 Å². The zero-order valence-corrected chi connectivity index (χ0v) is 10.6. The number of urea groups is 1. The standard InChI is InChI=1S/C12H19N3O3/c1-12(9-2-3-9)10(16)15(11(17)13-12)8-14-4-6-18-7-5-14/h9H,2-8H2,1H3,(H,13,17)/t12-/m0/s1. The molecule has 1 atom stereocenters. The molecule has 3 rings (SSSR count). The summed E-state index contributed by atoms with van der Waals surface area (Å²) in [6, 6.07) is -0.249. The van der Waals surface area contributed by atoms with Gasteiger partial charge in [0.1, 0.15) is 5.54 Å². The Balaban J connectivity index is 1.68. The predicted octanol–water partition coefficient (Wildman–Crippen LogP) is -0.00340. The van der Waals surface area contributed by atoms with Gasteiger partial charge in [-0.1, -0.05) is 0 Å². The highest BCUT2D eigenvalue weighted by atomic mass is 16.5. The lowest BCUT2D eigenvalue weighted by Gasteiger charge is -2.29. The Hall–Kier alpha value is -1.14. The van der Waals surface area contributed by atoms with E-state index in [-0.39, 0.29) is 11.9 Å². The Morgan fingerprint density at radius 2 is 2.00 bits per heavy atom. The molecule has 0 radical (unpaired) electrons. The molecule has 100 valence electrons. The van der Waals surface area contributed by atoms with Crippen LogP contribution in [0, 0.1) is 5.92 Å². The number of nitrogens with zero attached hydrogens (tertiary/aromatic N) is 2. The number of carbonyl (C=O) groups excluding carboxylic acids is 2. The molecule has 1 N–H and O–H groups in total. The van der Waals surface area contributed by atoms with Gasteiger partial charge in [-0.3, -0.25) is 9.69 Å².